The van der Waals surface area contributed by atoms with Crippen molar-refractivity contribution in [2.24, 2.45) is 5.14 Å². The number of aromatic amines is 2. The average Bonchev–Trinajstić information content (AvgIpc) is 3.41. The lowest BCUT2D eigenvalue weighted by Gasteiger charge is -2.06. The number of nitrogens with one attached hydrogen (secondary N) is 2. The second-order valence-electron chi connectivity index (χ2n) is 7.11. The summed E-state index contributed by atoms with van der Waals surface area (Å²) >= 11 is 0. The fourth-order valence-electron chi connectivity index (χ4n) is 3.42. The number of nitrogens with two attached hydrogens (primary N) is 1. The zero-order valence-corrected chi connectivity index (χ0v) is 18.2. The lowest BCUT2D eigenvalue weighted by atomic mass is 10.0. The molecule has 0 bridgehead atoms. The van der Waals surface area contributed by atoms with E-state index in [1.165, 1.54) is 31.4 Å². The summed E-state index contributed by atoms with van der Waals surface area (Å²) in [6.45, 7) is 3.86. The van der Waals surface area contributed by atoms with Crippen molar-refractivity contribution in [2.75, 3.05) is 7.11 Å². The minimum Gasteiger partial charge on any atom is -0.465 e. The van der Waals surface area contributed by atoms with Gasteiger partial charge in [0, 0.05) is 11.1 Å². The summed E-state index contributed by atoms with van der Waals surface area (Å²) in [7, 11) is -2.58. The Hall–Kier alpha value is -4.15. The van der Waals surface area contributed by atoms with E-state index in [1.807, 2.05) is 0 Å². The van der Waals surface area contributed by atoms with E-state index in [9.17, 15) is 18.0 Å². The van der Waals surface area contributed by atoms with Crippen molar-refractivity contribution in [2.45, 2.75) is 4.90 Å². The molecule has 0 fully saturated rings. The number of sulfonamides is 1. The van der Waals surface area contributed by atoms with E-state index >= 15 is 0 Å². The van der Waals surface area contributed by atoms with E-state index in [0.29, 0.717) is 39.1 Å². The summed E-state index contributed by atoms with van der Waals surface area (Å²) in [5, 5.41) is 10.9. The third-order valence-corrected chi connectivity index (χ3v) is 5.93. The first-order valence-electron chi connectivity index (χ1n) is 9.61. The van der Waals surface area contributed by atoms with Crippen LogP contribution in [0, 0.1) is 0 Å². The monoisotopic (exact) mass is 465 g/mol. The standard InChI is InChI=1S/C23H19N3O6S/c1-13-20(22(27)26-25-13)21(14-6-8-17(9-7-14)33(24,29)30)19-11-10-18(32-19)15-4-3-5-16(12-15)23(28)31-2/h3-12,25H,1H2,2H3,(H,26,27)(H2,24,29,30). The first-order valence-corrected chi connectivity index (χ1v) is 11.2. The molecule has 9 nitrogen and oxygen atoms in total. The van der Waals surface area contributed by atoms with Crippen molar-refractivity contribution in [3.63, 3.8) is 0 Å². The van der Waals surface area contributed by atoms with Gasteiger partial charge in [0.05, 0.1) is 28.1 Å². The van der Waals surface area contributed by atoms with Gasteiger partial charge in [-0.3, -0.25) is 15.0 Å². The second-order valence-corrected chi connectivity index (χ2v) is 8.67. The highest BCUT2D eigenvalue weighted by molar-refractivity contribution is 7.89. The van der Waals surface area contributed by atoms with Crippen LogP contribution in [0.5, 0.6) is 0 Å². The van der Waals surface area contributed by atoms with Crippen molar-refractivity contribution >= 4 is 28.1 Å². The molecule has 0 aliphatic rings. The molecule has 0 atom stereocenters. The Bertz CT molecular complexity index is 1600. The van der Waals surface area contributed by atoms with Gasteiger partial charge < -0.3 is 9.15 Å². The Labute approximate surface area is 187 Å². The number of carbonyl (C=O) groups excluding carboxylic acids is 1. The third kappa shape index (κ3) is 4.29. The minimum absolute atomic E-state index is 0.0665. The van der Waals surface area contributed by atoms with Crippen LogP contribution in [0.2, 0.25) is 0 Å². The normalized spacial score (nSPS) is 12.4. The molecule has 0 amide bonds. The maximum absolute atomic E-state index is 12.5. The van der Waals surface area contributed by atoms with Crippen LogP contribution >= 0.6 is 0 Å². The van der Waals surface area contributed by atoms with E-state index in [0.717, 1.165) is 0 Å². The van der Waals surface area contributed by atoms with Gasteiger partial charge in [-0.25, -0.2) is 18.4 Å². The van der Waals surface area contributed by atoms with Crippen molar-refractivity contribution in [3.8, 4) is 11.3 Å². The summed E-state index contributed by atoms with van der Waals surface area (Å²) in [6, 6.07) is 15.8. The van der Waals surface area contributed by atoms with Gasteiger partial charge in [-0.05, 0) is 42.0 Å². The number of carbonyl (C=O) groups is 1. The summed E-state index contributed by atoms with van der Waals surface area (Å²) in [5.41, 5.74) is 1.49. The third-order valence-electron chi connectivity index (χ3n) is 5.00. The van der Waals surface area contributed by atoms with Crippen LogP contribution in [0.3, 0.4) is 0 Å². The fourth-order valence-corrected chi connectivity index (χ4v) is 3.94. The number of primary sulfonamides is 1. The van der Waals surface area contributed by atoms with Crippen LogP contribution in [0.25, 0.3) is 23.5 Å². The molecule has 2 aromatic heterocycles. The maximum atomic E-state index is 12.5. The topological polar surface area (TPSA) is 148 Å². The molecule has 2 aromatic carbocycles. The number of H-pyrrole nitrogens is 2. The lowest BCUT2D eigenvalue weighted by Crippen LogP contribution is -2.35. The van der Waals surface area contributed by atoms with Gasteiger partial charge >= 0.3 is 5.97 Å². The molecular weight excluding hydrogens is 446 g/mol. The Kier molecular flexibility index (Phi) is 5.62. The van der Waals surface area contributed by atoms with Crippen LogP contribution in [0.15, 0.2) is 74.8 Å². The molecule has 0 aliphatic heterocycles. The van der Waals surface area contributed by atoms with Crippen LogP contribution in [0.4, 0.5) is 0 Å². The van der Waals surface area contributed by atoms with E-state index in [2.05, 4.69) is 16.8 Å². The highest BCUT2D eigenvalue weighted by Crippen LogP contribution is 2.29. The number of ether oxygens (including phenoxy) is 1. The molecule has 33 heavy (non-hydrogen) atoms. The molecule has 4 N–H and O–H groups in total. The molecule has 168 valence electrons. The number of aromatic nitrogens is 2. The molecule has 0 saturated heterocycles. The number of furan rings is 1. The first kappa shape index (κ1) is 22.1. The lowest BCUT2D eigenvalue weighted by molar-refractivity contribution is 0.0600. The van der Waals surface area contributed by atoms with Crippen LogP contribution < -0.4 is 21.3 Å². The summed E-state index contributed by atoms with van der Waals surface area (Å²) in [5.74, 6) is 0.310. The minimum atomic E-state index is -3.88. The van der Waals surface area contributed by atoms with Crippen molar-refractivity contribution in [1.82, 2.24) is 10.2 Å². The van der Waals surface area contributed by atoms with E-state index in [1.54, 1.807) is 36.4 Å². The van der Waals surface area contributed by atoms with Gasteiger partial charge in [0.1, 0.15) is 11.5 Å². The molecule has 0 aliphatic carbocycles. The molecule has 2 heterocycles. The first-order chi connectivity index (χ1) is 15.7. The van der Waals surface area contributed by atoms with Crippen LogP contribution in [-0.2, 0) is 14.8 Å². The number of hydrogen-bond donors (Lipinski definition) is 3. The maximum Gasteiger partial charge on any atom is 0.337 e. The van der Waals surface area contributed by atoms with Crippen LogP contribution in [0.1, 0.15) is 21.7 Å². The summed E-state index contributed by atoms with van der Waals surface area (Å²) in [4.78, 5) is 24.3. The number of methoxy groups -OCH3 is 1. The Balaban J connectivity index is 1.90. The van der Waals surface area contributed by atoms with Gasteiger partial charge in [0.2, 0.25) is 10.0 Å². The summed E-state index contributed by atoms with van der Waals surface area (Å²) < 4.78 is 34.1. The molecule has 0 saturated carbocycles. The van der Waals surface area contributed by atoms with Gasteiger partial charge in [0.15, 0.2) is 0 Å². The van der Waals surface area contributed by atoms with Crippen molar-refractivity contribution in [1.29, 1.82) is 0 Å². The zero-order chi connectivity index (χ0) is 23.8. The van der Waals surface area contributed by atoms with Gasteiger partial charge in [0.25, 0.3) is 5.56 Å². The molecule has 4 aromatic rings. The fraction of sp³-hybridized carbons (Fsp3) is 0.0435. The van der Waals surface area contributed by atoms with E-state index in [-0.39, 0.29) is 10.1 Å². The Morgan fingerprint density at radius 1 is 1.03 bits per heavy atom. The highest BCUT2D eigenvalue weighted by atomic mass is 32.2. The zero-order valence-electron chi connectivity index (χ0n) is 17.4. The van der Waals surface area contributed by atoms with Gasteiger partial charge in [-0.1, -0.05) is 30.8 Å². The molecule has 10 heteroatoms. The number of esters is 1. The molecule has 0 spiro atoms. The predicted molar refractivity (Wildman–Crippen MR) is 121 cm³/mol. The predicted octanol–water partition coefficient (Wildman–Crippen LogP) is 1.05. The molecule has 0 radical (unpaired) electrons. The smallest absolute Gasteiger partial charge is 0.337 e. The second kappa shape index (κ2) is 8.41. The SMILES string of the molecule is C=c1[nH][nH]c(=O)c1=C(c1ccc(S(N)(=O)=O)cc1)c1ccc(-c2cccc(C(=O)OC)c2)o1. The van der Waals surface area contributed by atoms with Crippen molar-refractivity contribution in [3.05, 3.63) is 98.5 Å². The van der Waals surface area contributed by atoms with Crippen molar-refractivity contribution < 1.29 is 22.4 Å². The van der Waals surface area contributed by atoms with Gasteiger partial charge in [-0.2, -0.15) is 0 Å². The number of hydrogen-bond acceptors (Lipinski definition) is 6. The average molecular weight is 465 g/mol. The van der Waals surface area contributed by atoms with E-state index < -0.39 is 21.6 Å². The number of rotatable bonds is 5. The van der Waals surface area contributed by atoms with Crippen LogP contribution in [-0.4, -0.2) is 31.7 Å². The molecular formula is C23H19N3O6S. The van der Waals surface area contributed by atoms with E-state index in [4.69, 9.17) is 14.3 Å². The number of benzene rings is 2. The Morgan fingerprint density at radius 2 is 1.76 bits per heavy atom. The van der Waals surface area contributed by atoms with Gasteiger partial charge in [-0.15, -0.1) is 0 Å². The molecule has 4 rings (SSSR count). The highest BCUT2D eigenvalue weighted by Gasteiger charge is 2.17. The molecule has 0 unspecified atom stereocenters. The largest absolute Gasteiger partial charge is 0.465 e. The quantitative estimate of drug-likeness (QED) is 0.375. The summed E-state index contributed by atoms with van der Waals surface area (Å²) in [6.07, 6.45) is 0. The Morgan fingerprint density at radius 3 is 2.36 bits per heavy atom.